The Balaban J connectivity index is 2.21. The van der Waals surface area contributed by atoms with Gasteiger partial charge < -0.3 is 21.1 Å². The molecule has 0 spiro atoms. The highest BCUT2D eigenvalue weighted by Gasteiger charge is 2.16. The number of benzene rings is 1. The predicted octanol–water partition coefficient (Wildman–Crippen LogP) is 1.25. The van der Waals surface area contributed by atoms with Gasteiger partial charge in [0.1, 0.15) is 5.69 Å². The predicted molar refractivity (Wildman–Crippen MR) is 71.3 cm³/mol. The Hall–Kier alpha value is -2.01. The van der Waals surface area contributed by atoms with E-state index in [0.29, 0.717) is 11.4 Å². The molecule has 5 nitrogen and oxygen atoms in total. The van der Waals surface area contributed by atoms with Crippen molar-refractivity contribution in [2.24, 2.45) is 0 Å². The number of carbonyl (C=O) groups excluding carboxylic acids is 1. The van der Waals surface area contributed by atoms with Crippen LogP contribution in [-0.2, 0) is 0 Å². The van der Waals surface area contributed by atoms with Crippen molar-refractivity contribution in [2.75, 3.05) is 12.3 Å². The van der Waals surface area contributed by atoms with Gasteiger partial charge in [-0.05, 0) is 26.0 Å². The molecule has 0 aliphatic carbocycles. The Morgan fingerprint density at radius 1 is 1.50 bits per heavy atom. The zero-order valence-corrected chi connectivity index (χ0v) is 10.4. The van der Waals surface area contributed by atoms with Crippen LogP contribution < -0.4 is 11.1 Å². The van der Waals surface area contributed by atoms with E-state index in [0.717, 1.165) is 10.9 Å². The summed E-state index contributed by atoms with van der Waals surface area (Å²) in [5, 5.41) is 13.1. The summed E-state index contributed by atoms with van der Waals surface area (Å²) in [5.41, 5.74) is 6.68. The highest BCUT2D eigenvalue weighted by atomic mass is 16.3. The molecule has 1 amide bonds. The molecule has 2 rings (SSSR count). The van der Waals surface area contributed by atoms with Crippen molar-refractivity contribution < 1.29 is 9.90 Å². The van der Waals surface area contributed by atoms with Crippen molar-refractivity contribution in [1.29, 1.82) is 0 Å². The van der Waals surface area contributed by atoms with Crippen LogP contribution >= 0.6 is 0 Å². The van der Waals surface area contributed by atoms with Crippen molar-refractivity contribution >= 4 is 22.5 Å². The van der Waals surface area contributed by atoms with Crippen LogP contribution in [0.3, 0.4) is 0 Å². The van der Waals surface area contributed by atoms with Gasteiger partial charge in [-0.15, -0.1) is 0 Å². The summed E-state index contributed by atoms with van der Waals surface area (Å²) in [7, 11) is 0. The number of rotatable bonds is 3. The fourth-order valence-electron chi connectivity index (χ4n) is 1.69. The third-order valence-electron chi connectivity index (χ3n) is 2.61. The molecule has 1 aromatic heterocycles. The highest BCUT2D eigenvalue weighted by molar-refractivity contribution is 6.00. The van der Waals surface area contributed by atoms with Crippen LogP contribution in [0.2, 0.25) is 0 Å². The number of hydrogen-bond donors (Lipinski definition) is 4. The smallest absolute Gasteiger partial charge is 0.267 e. The molecule has 2 aromatic rings. The van der Waals surface area contributed by atoms with Crippen LogP contribution in [-0.4, -0.2) is 28.1 Å². The first kappa shape index (κ1) is 12.4. The summed E-state index contributed by atoms with van der Waals surface area (Å²) < 4.78 is 0. The van der Waals surface area contributed by atoms with E-state index in [9.17, 15) is 9.90 Å². The minimum Gasteiger partial charge on any atom is -0.397 e. The molecule has 96 valence electrons. The van der Waals surface area contributed by atoms with Gasteiger partial charge in [0.15, 0.2) is 0 Å². The summed E-state index contributed by atoms with van der Waals surface area (Å²) >= 11 is 0. The van der Waals surface area contributed by atoms with E-state index < -0.39 is 5.60 Å². The summed E-state index contributed by atoms with van der Waals surface area (Å²) in [6.45, 7) is 3.46. The largest absolute Gasteiger partial charge is 0.397 e. The van der Waals surface area contributed by atoms with Crippen LogP contribution in [0.1, 0.15) is 24.3 Å². The first-order valence-corrected chi connectivity index (χ1v) is 5.74. The maximum atomic E-state index is 11.9. The standard InChI is InChI=1S/C13H17N3O2/c1-13(2,18)7-15-12(17)10-6-8-4-3-5-9(14)11(8)16-10/h3-6,16,18H,7,14H2,1-2H3,(H,15,17). The molecule has 0 saturated carbocycles. The molecule has 1 heterocycles. The van der Waals surface area contributed by atoms with Crippen molar-refractivity contribution in [3.8, 4) is 0 Å². The lowest BCUT2D eigenvalue weighted by Gasteiger charge is -2.17. The third kappa shape index (κ3) is 2.62. The maximum absolute atomic E-state index is 11.9. The van der Waals surface area contributed by atoms with E-state index in [1.54, 1.807) is 26.0 Å². The van der Waals surface area contributed by atoms with Gasteiger partial charge in [-0.3, -0.25) is 4.79 Å². The van der Waals surface area contributed by atoms with Crippen molar-refractivity contribution in [2.45, 2.75) is 19.4 Å². The van der Waals surface area contributed by atoms with E-state index in [-0.39, 0.29) is 12.5 Å². The molecular weight excluding hydrogens is 230 g/mol. The monoisotopic (exact) mass is 247 g/mol. The van der Waals surface area contributed by atoms with Crippen molar-refractivity contribution in [3.05, 3.63) is 30.0 Å². The number of fused-ring (bicyclic) bond motifs is 1. The Labute approximate surface area is 105 Å². The number of anilines is 1. The quantitative estimate of drug-likeness (QED) is 0.615. The fourth-order valence-corrected chi connectivity index (χ4v) is 1.69. The minimum atomic E-state index is -0.930. The molecule has 0 radical (unpaired) electrons. The van der Waals surface area contributed by atoms with E-state index >= 15 is 0 Å². The van der Waals surface area contributed by atoms with Gasteiger partial charge in [0.25, 0.3) is 5.91 Å². The molecule has 0 atom stereocenters. The average molecular weight is 247 g/mol. The molecule has 0 unspecified atom stereocenters. The average Bonchev–Trinajstić information content (AvgIpc) is 2.70. The maximum Gasteiger partial charge on any atom is 0.267 e. The van der Waals surface area contributed by atoms with Gasteiger partial charge >= 0.3 is 0 Å². The molecule has 0 fully saturated rings. The van der Waals surface area contributed by atoms with E-state index in [2.05, 4.69) is 10.3 Å². The van der Waals surface area contributed by atoms with Crippen LogP contribution in [0.4, 0.5) is 5.69 Å². The Bertz CT molecular complexity index is 581. The Morgan fingerprint density at radius 3 is 2.83 bits per heavy atom. The van der Waals surface area contributed by atoms with Gasteiger partial charge in [-0.25, -0.2) is 0 Å². The van der Waals surface area contributed by atoms with Gasteiger partial charge in [0, 0.05) is 11.9 Å². The number of amides is 1. The summed E-state index contributed by atoms with van der Waals surface area (Å²) in [5.74, 6) is -0.257. The number of aromatic amines is 1. The number of para-hydroxylation sites is 1. The lowest BCUT2D eigenvalue weighted by molar-refractivity contribution is 0.0692. The number of hydrogen-bond acceptors (Lipinski definition) is 3. The first-order chi connectivity index (χ1) is 8.37. The highest BCUT2D eigenvalue weighted by Crippen LogP contribution is 2.20. The molecule has 0 aliphatic heterocycles. The number of nitrogens with two attached hydrogens (primary N) is 1. The molecule has 0 saturated heterocycles. The van der Waals surface area contributed by atoms with Crippen LogP contribution in [0, 0.1) is 0 Å². The SMILES string of the molecule is CC(C)(O)CNC(=O)c1cc2cccc(N)c2[nH]1. The van der Waals surface area contributed by atoms with Gasteiger partial charge in [0.2, 0.25) is 0 Å². The fraction of sp³-hybridized carbons (Fsp3) is 0.308. The van der Waals surface area contributed by atoms with Crippen LogP contribution in [0.15, 0.2) is 24.3 Å². The lowest BCUT2D eigenvalue weighted by Crippen LogP contribution is -2.38. The van der Waals surface area contributed by atoms with Gasteiger partial charge in [-0.2, -0.15) is 0 Å². The summed E-state index contributed by atoms with van der Waals surface area (Å²) in [6, 6.07) is 7.24. The van der Waals surface area contributed by atoms with Crippen molar-refractivity contribution in [3.63, 3.8) is 0 Å². The number of carbonyl (C=O) groups is 1. The van der Waals surface area contributed by atoms with E-state index in [1.165, 1.54) is 0 Å². The zero-order valence-electron chi connectivity index (χ0n) is 10.4. The third-order valence-corrected chi connectivity index (χ3v) is 2.61. The van der Waals surface area contributed by atoms with Crippen LogP contribution in [0.5, 0.6) is 0 Å². The molecule has 1 aromatic carbocycles. The molecule has 0 aliphatic rings. The van der Waals surface area contributed by atoms with Crippen LogP contribution in [0.25, 0.3) is 10.9 Å². The molecule has 5 heteroatoms. The van der Waals surface area contributed by atoms with Crippen molar-refractivity contribution in [1.82, 2.24) is 10.3 Å². The van der Waals surface area contributed by atoms with Gasteiger partial charge in [-0.1, -0.05) is 12.1 Å². The normalized spacial score (nSPS) is 11.7. The molecule has 5 N–H and O–H groups in total. The second kappa shape index (κ2) is 4.34. The molecular formula is C13H17N3O2. The summed E-state index contributed by atoms with van der Waals surface area (Å²) in [6.07, 6.45) is 0. The number of nitrogen functional groups attached to an aromatic ring is 1. The first-order valence-electron chi connectivity index (χ1n) is 5.74. The topological polar surface area (TPSA) is 91.1 Å². The molecule has 18 heavy (non-hydrogen) atoms. The Kier molecular flexibility index (Phi) is 3.00. The second-order valence-corrected chi connectivity index (χ2v) is 4.99. The lowest BCUT2D eigenvalue weighted by atomic mass is 10.1. The Morgan fingerprint density at radius 2 is 2.22 bits per heavy atom. The number of aliphatic hydroxyl groups is 1. The minimum absolute atomic E-state index is 0.191. The van der Waals surface area contributed by atoms with E-state index in [4.69, 9.17) is 5.73 Å². The second-order valence-electron chi connectivity index (χ2n) is 4.99. The van der Waals surface area contributed by atoms with E-state index in [1.807, 2.05) is 12.1 Å². The summed E-state index contributed by atoms with van der Waals surface area (Å²) in [4.78, 5) is 14.9. The number of aromatic nitrogens is 1. The molecule has 0 bridgehead atoms. The zero-order chi connectivity index (χ0) is 13.3. The number of nitrogens with one attached hydrogen (secondary N) is 2. The number of H-pyrrole nitrogens is 1. The van der Waals surface area contributed by atoms with Gasteiger partial charge in [0.05, 0.1) is 16.8 Å².